The zero-order chi connectivity index (χ0) is 32.3. The van der Waals surface area contributed by atoms with Gasteiger partial charge in [0.05, 0.1) is 22.8 Å². The number of hydrogen-bond donors (Lipinski definition) is 0. The van der Waals surface area contributed by atoms with Crippen LogP contribution in [-0.2, 0) is 38.0 Å². The molecule has 0 fully saturated rings. The molecule has 4 rings (SSSR count). The van der Waals surface area contributed by atoms with Gasteiger partial charge in [-0.2, -0.15) is 0 Å². The maximum Gasteiger partial charge on any atom is 3.00 e. The first-order valence-corrected chi connectivity index (χ1v) is 15.2. The van der Waals surface area contributed by atoms with Gasteiger partial charge in [0.25, 0.3) is 0 Å². The van der Waals surface area contributed by atoms with E-state index in [4.69, 9.17) is 0 Å². The predicted octanol–water partition coefficient (Wildman–Crippen LogP) is 10.1. The summed E-state index contributed by atoms with van der Waals surface area (Å²) in [6.07, 6.45) is 7.18. The molecule has 4 aromatic heterocycles. The molecular formula is C23H26F12N5OP2Ru+2. The van der Waals surface area contributed by atoms with Crippen LogP contribution in [0.25, 0.3) is 11.4 Å². The Labute approximate surface area is 256 Å². The first kappa shape index (κ1) is 43.3. The van der Waals surface area contributed by atoms with Gasteiger partial charge in [0.1, 0.15) is 0 Å². The third-order valence-corrected chi connectivity index (χ3v) is 3.91. The predicted molar refractivity (Wildman–Crippen MR) is 143 cm³/mol. The smallest absolute Gasteiger partial charge is 0.457 e. The van der Waals surface area contributed by atoms with Crippen molar-refractivity contribution in [2.24, 2.45) is 0 Å². The average Bonchev–Trinajstić information content (AvgIpc) is 2.83. The SMILES string of the molecule is CN(Cc1ccccn1)Cc1ccccn1.F[P-](F)(F)(F)(F)F.F[P-](F)(F)(F)(F)F.[OH3+].[Ru+3].c1ccc(-c2ccccn2)nc1. The number of halogens is 12. The fourth-order valence-electron chi connectivity index (χ4n) is 2.62. The summed E-state index contributed by atoms with van der Waals surface area (Å²) in [4.78, 5) is 19.2. The minimum atomic E-state index is -10.7. The van der Waals surface area contributed by atoms with E-state index in [1.165, 1.54) is 0 Å². The molecule has 0 saturated heterocycles. The van der Waals surface area contributed by atoms with Crippen molar-refractivity contribution in [1.29, 1.82) is 0 Å². The Morgan fingerprint density at radius 2 is 0.727 bits per heavy atom. The fourth-order valence-corrected chi connectivity index (χ4v) is 2.62. The fraction of sp³-hybridized carbons (Fsp3) is 0.130. The third kappa shape index (κ3) is 33.7. The van der Waals surface area contributed by atoms with E-state index < -0.39 is 15.6 Å². The Bertz CT molecular complexity index is 1230. The second kappa shape index (κ2) is 15.0. The molecule has 0 saturated carbocycles. The molecule has 0 atom stereocenters. The van der Waals surface area contributed by atoms with Crippen LogP contribution in [0.4, 0.5) is 50.4 Å². The molecule has 3 N–H and O–H groups in total. The maximum atomic E-state index is 9.87. The van der Waals surface area contributed by atoms with E-state index in [1.54, 1.807) is 12.4 Å². The van der Waals surface area contributed by atoms with Gasteiger partial charge in [-0.3, -0.25) is 24.8 Å². The van der Waals surface area contributed by atoms with Crippen molar-refractivity contribution >= 4 is 15.6 Å². The van der Waals surface area contributed by atoms with Gasteiger partial charge < -0.3 is 5.48 Å². The van der Waals surface area contributed by atoms with Crippen LogP contribution in [-0.4, -0.2) is 31.9 Å². The zero-order valence-corrected chi connectivity index (χ0v) is 25.8. The maximum absolute atomic E-state index is 10.7. The molecule has 4 aromatic rings. The Morgan fingerprint density at radius 1 is 0.477 bits per heavy atom. The van der Waals surface area contributed by atoms with Crippen LogP contribution in [0.15, 0.2) is 97.6 Å². The summed E-state index contributed by atoms with van der Waals surface area (Å²) in [5.41, 5.74) is 4.00. The second-order valence-corrected chi connectivity index (χ2v) is 12.0. The Balaban J connectivity index is 0. The summed E-state index contributed by atoms with van der Waals surface area (Å²) in [6.45, 7) is 1.69. The van der Waals surface area contributed by atoms with E-state index in [0.717, 1.165) is 35.9 Å². The van der Waals surface area contributed by atoms with Gasteiger partial charge in [-0.05, 0) is 55.6 Å². The molecule has 0 bridgehead atoms. The number of nitrogens with zero attached hydrogens (tertiary/aromatic N) is 5. The van der Waals surface area contributed by atoms with Crippen molar-refractivity contribution in [2.75, 3.05) is 7.05 Å². The Hall–Kier alpha value is -2.84. The van der Waals surface area contributed by atoms with Crippen LogP contribution in [0.3, 0.4) is 0 Å². The number of hydrogen-bond acceptors (Lipinski definition) is 5. The summed E-state index contributed by atoms with van der Waals surface area (Å²) >= 11 is 0. The van der Waals surface area contributed by atoms with Crippen LogP contribution < -0.4 is 0 Å². The van der Waals surface area contributed by atoms with Crippen LogP contribution >= 0.6 is 15.6 Å². The summed E-state index contributed by atoms with van der Waals surface area (Å²) < 4.78 is 118. The van der Waals surface area contributed by atoms with E-state index in [1.807, 2.05) is 85.2 Å². The van der Waals surface area contributed by atoms with Crippen LogP contribution in [0, 0.1) is 0 Å². The third-order valence-electron chi connectivity index (χ3n) is 3.91. The molecule has 0 aromatic carbocycles. The molecule has 6 nitrogen and oxygen atoms in total. The molecule has 44 heavy (non-hydrogen) atoms. The monoisotopic (exact) mass is 780 g/mol. The molecule has 0 amide bonds. The van der Waals surface area contributed by atoms with Gasteiger partial charge >= 0.3 is 85.5 Å². The number of pyridine rings is 4. The van der Waals surface area contributed by atoms with Gasteiger partial charge in [0.15, 0.2) is 0 Å². The van der Waals surface area contributed by atoms with E-state index >= 15 is 0 Å². The zero-order valence-electron chi connectivity index (χ0n) is 22.2. The van der Waals surface area contributed by atoms with Gasteiger partial charge in [-0.1, -0.05) is 24.3 Å². The first-order chi connectivity index (χ1) is 18.7. The van der Waals surface area contributed by atoms with Gasteiger partial charge in [0, 0.05) is 37.9 Å². The summed E-state index contributed by atoms with van der Waals surface area (Å²) in [7, 11) is -19.2. The number of aromatic nitrogens is 4. The second-order valence-electron chi connectivity index (χ2n) is 8.16. The molecular weight excluding hydrogens is 753 g/mol. The first-order valence-electron chi connectivity index (χ1n) is 11.1. The topological polar surface area (TPSA) is 87.8 Å². The van der Waals surface area contributed by atoms with Crippen molar-refractivity contribution < 1.29 is 75.3 Å². The molecule has 0 unspecified atom stereocenters. The minimum absolute atomic E-state index is 0. The van der Waals surface area contributed by atoms with Crippen LogP contribution in [0.5, 0.6) is 0 Å². The van der Waals surface area contributed by atoms with Crippen molar-refractivity contribution in [3.05, 3.63) is 109 Å². The van der Waals surface area contributed by atoms with Gasteiger partial charge in [-0.25, -0.2) is 0 Å². The Morgan fingerprint density at radius 3 is 0.932 bits per heavy atom. The standard InChI is InChI=1S/C13H15N3.C10H8N2.2F6P.H2O.Ru/c1-16(10-12-6-2-4-8-14-12)11-13-7-3-5-9-15-13;1-3-7-11-9(5-1)10-6-2-4-8-12-10;2*1-7(2,3,4,5)6;;/h2-9H,10-11H2,1H3;1-8H;;;1H2;/q;;2*-1;;+3/p+1. The summed E-state index contributed by atoms with van der Waals surface area (Å²) in [5.74, 6) is 0. The van der Waals surface area contributed by atoms with E-state index in [2.05, 4.69) is 31.9 Å². The molecule has 1 radical (unpaired) electrons. The molecule has 0 aliphatic carbocycles. The van der Waals surface area contributed by atoms with Crippen LogP contribution in [0.1, 0.15) is 11.4 Å². The van der Waals surface area contributed by atoms with Crippen molar-refractivity contribution in [3.8, 4) is 11.4 Å². The van der Waals surface area contributed by atoms with E-state index in [-0.39, 0.29) is 25.0 Å². The van der Waals surface area contributed by atoms with Crippen LogP contribution in [0.2, 0.25) is 0 Å². The molecule has 0 aliphatic heterocycles. The van der Waals surface area contributed by atoms with Crippen molar-refractivity contribution in [1.82, 2.24) is 24.8 Å². The number of rotatable bonds is 5. The molecule has 0 aliphatic rings. The molecule has 4 heterocycles. The van der Waals surface area contributed by atoms with Crippen molar-refractivity contribution in [3.63, 3.8) is 0 Å². The molecule has 0 spiro atoms. The quantitative estimate of drug-likeness (QED) is 0.0872. The largest absolute Gasteiger partial charge is 3.00 e. The summed E-state index contributed by atoms with van der Waals surface area (Å²) in [5, 5.41) is 0. The van der Waals surface area contributed by atoms with E-state index in [9.17, 15) is 50.4 Å². The average molecular weight is 779 g/mol. The normalized spacial score (nSPS) is 13.9. The van der Waals surface area contributed by atoms with Gasteiger partial charge in [0.2, 0.25) is 0 Å². The van der Waals surface area contributed by atoms with Gasteiger partial charge in [-0.15, -0.1) is 0 Å². The minimum Gasteiger partial charge on any atom is -0.457 e. The molecule has 249 valence electrons. The Kier molecular flexibility index (Phi) is 14.7. The van der Waals surface area contributed by atoms with Crippen molar-refractivity contribution in [2.45, 2.75) is 13.1 Å². The summed E-state index contributed by atoms with van der Waals surface area (Å²) in [6, 6.07) is 23.6. The van der Waals surface area contributed by atoms with E-state index in [0.29, 0.717) is 0 Å². The molecule has 21 heteroatoms.